The number of esters is 1. The summed E-state index contributed by atoms with van der Waals surface area (Å²) in [6.45, 7) is 1.34. The molecular weight excluding hydrogens is 288 g/mol. The molecule has 1 aliphatic heterocycles. The Bertz CT molecular complexity index is 421. The average Bonchev–Trinajstić information content (AvgIpc) is 2.95. The number of carbonyl (C=O) groups excluding carboxylic acids is 1. The molecule has 1 saturated heterocycles. The first-order chi connectivity index (χ1) is 8.08. The van der Waals surface area contributed by atoms with Crippen LogP contribution in [0.5, 0.6) is 0 Å². The molecule has 2 rings (SSSR count). The fourth-order valence-electron chi connectivity index (χ4n) is 1.65. The minimum atomic E-state index is -0.629. The van der Waals surface area contributed by atoms with Gasteiger partial charge in [-0.1, -0.05) is 34.1 Å². The fourth-order valence-corrected chi connectivity index (χ4v) is 2.20. The third-order valence-electron chi connectivity index (χ3n) is 2.54. The van der Waals surface area contributed by atoms with Crippen molar-refractivity contribution in [3.63, 3.8) is 0 Å². The minimum absolute atomic E-state index is 0.207. The maximum atomic E-state index is 10.7. The quantitative estimate of drug-likeness (QED) is 0.684. The van der Waals surface area contributed by atoms with E-state index >= 15 is 0 Å². The van der Waals surface area contributed by atoms with Crippen LogP contribution in [0, 0.1) is 0 Å². The normalized spacial score (nSPS) is 24.2. The molecule has 1 aromatic rings. The van der Waals surface area contributed by atoms with Gasteiger partial charge in [0.05, 0.1) is 6.10 Å². The van der Waals surface area contributed by atoms with Crippen LogP contribution in [0.4, 0.5) is 0 Å². The molecule has 1 fully saturated rings. The predicted molar refractivity (Wildman–Crippen MR) is 64.1 cm³/mol. The number of hydrogen-bond donors (Lipinski definition) is 1. The first kappa shape index (κ1) is 12.5. The van der Waals surface area contributed by atoms with E-state index in [-0.39, 0.29) is 12.1 Å². The van der Waals surface area contributed by atoms with Gasteiger partial charge in [-0.15, -0.1) is 0 Å². The van der Waals surface area contributed by atoms with Crippen LogP contribution in [0.25, 0.3) is 0 Å². The van der Waals surface area contributed by atoms with Crippen molar-refractivity contribution in [1.29, 1.82) is 0 Å². The van der Waals surface area contributed by atoms with Gasteiger partial charge in [0, 0.05) is 17.8 Å². The summed E-state index contributed by atoms with van der Waals surface area (Å²) >= 11 is 3.38. The van der Waals surface area contributed by atoms with E-state index in [1.54, 1.807) is 0 Å². The van der Waals surface area contributed by atoms with Crippen molar-refractivity contribution >= 4 is 21.9 Å². The Hall–Kier alpha value is -0.910. The van der Waals surface area contributed by atoms with E-state index in [4.69, 9.17) is 9.47 Å². The molecule has 0 aliphatic carbocycles. The average molecular weight is 301 g/mol. The van der Waals surface area contributed by atoms with Gasteiger partial charge in [0.2, 0.25) is 6.29 Å². The van der Waals surface area contributed by atoms with Crippen LogP contribution in [-0.4, -0.2) is 23.5 Å². The molecule has 0 amide bonds. The van der Waals surface area contributed by atoms with Crippen molar-refractivity contribution in [2.24, 2.45) is 0 Å². The highest BCUT2D eigenvalue weighted by Crippen LogP contribution is 2.34. The van der Waals surface area contributed by atoms with Gasteiger partial charge in [-0.25, -0.2) is 0 Å². The molecule has 1 aromatic carbocycles. The highest BCUT2D eigenvalue weighted by Gasteiger charge is 2.43. The summed E-state index contributed by atoms with van der Waals surface area (Å²) in [7, 11) is 0. The molecule has 0 bridgehead atoms. The first-order valence-corrected chi connectivity index (χ1v) is 6.12. The summed E-state index contributed by atoms with van der Waals surface area (Å²) in [6, 6.07) is 7.46. The minimum Gasteiger partial charge on any atom is -0.433 e. The largest absolute Gasteiger partial charge is 0.433 e. The van der Waals surface area contributed by atoms with E-state index in [0.29, 0.717) is 6.42 Å². The van der Waals surface area contributed by atoms with Crippen molar-refractivity contribution in [3.05, 3.63) is 34.3 Å². The lowest BCUT2D eigenvalue weighted by Gasteiger charge is -2.10. The number of hydrogen-bond acceptors (Lipinski definition) is 4. The van der Waals surface area contributed by atoms with E-state index in [2.05, 4.69) is 15.9 Å². The van der Waals surface area contributed by atoms with Gasteiger partial charge in [-0.05, 0) is 11.6 Å². The van der Waals surface area contributed by atoms with Crippen molar-refractivity contribution < 1.29 is 19.4 Å². The SMILES string of the molecule is CC(=O)O[C@@H]1O[C@@H]1C[C@H](O)c1ccccc1Br. The second kappa shape index (κ2) is 5.16. The van der Waals surface area contributed by atoms with Crippen LogP contribution >= 0.6 is 15.9 Å². The van der Waals surface area contributed by atoms with Gasteiger partial charge in [0.15, 0.2) is 0 Å². The molecule has 17 heavy (non-hydrogen) atoms. The van der Waals surface area contributed by atoms with Crippen LogP contribution in [0.1, 0.15) is 25.0 Å². The second-order valence-corrected chi connectivity index (χ2v) is 4.78. The number of ether oxygens (including phenoxy) is 2. The number of epoxide rings is 1. The Balaban J connectivity index is 1.89. The summed E-state index contributed by atoms with van der Waals surface area (Å²) in [5.41, 5.74) is 0.810. The summed E-state index contributed by atoms with van der Waals surface area (Å²) in [4.78, 5) is 10.7. The van der Waals surface area contributed by atoms with Crippen molar-refractivity contribution in [1.82, 2.24) is 0 Å². The highest BCUT2D eigenvalue weighted by atomic mass is 79.9. The standard InChI is InChI=1S/C12H13BrO4/c1-7(14)16-12-11(17-12)6-10(15)8-4-2-3-5-9(8)13/h2-5,10-12,15H,6H2,1H3/t10-,11+,12+/m0/s1. The zero-order chi connectivity index (χ0) is 12.4. The molecule has 0 unspecified atom stereocenters. The number of aliphatic hydroxyl groups excluding tert-OH is 1. The van der Waals surface area contributed by atoms with Crippen LogP contribution in [0.3, 0.4) is 0 Å². The van der Waals surface area contributed by atoms with Crippen molar-refractivity contribution in [3.8, 4) is 0 Å². The van der Waals surface area contributed by atoms with Gasteiger partial charge in [-0.2, -0.15) is 0 Å². The third-order valence-corrected chi connectivity index (χ3v) is 3.26. The Morgan fingerprint density at radius 3 is 2.94 bits per heavy atom. The van der Waals surface area contributed by atoms with Crippen LogP contribution < -0.4 is 0 Å². The van der Waals surface area contributed by atoms with Crippen LogP contribution in [-0.2, 0) is 14.3 Å². The maximum Gasteiger partial charge on any atom is 0.305 e. The fraction of sp³-hybridized carbons (Fsp3) is 0.417. The van der Waals surface area contributed by atoms with E-state index in [9.17, 15) is 9.90 Å². The molecule has 0 saturated carbocycles. The van der Waals surface area contributed by atoms with E-state index in [0.717, 1.165) is 10.0 Å². The summed E-state index contributed by atoms with van der Waals surface area (Å²) < 4.78 is 10.9. The summed E-state index contributed by atoms with van der Waals surface area (Å²) in [5, 5.41) is 10.0. The Kier molecular flexibility index (Phi) is 3.81. The predicted octanol–water partition coefficient (Wildman–Crippen LogP) is 2.16. The zero-order valence-electron chi connectivity index (χ0n) is 9.30. The topological polar surface area (TPSA) is 59.1 Å². The first-order valence-electron chi connectivity index (χ1n) is 5.33. The van der Waals surface area contributed by atoms with Gasteiger partial charge < -0.3 is 14.6 Å². The molecule has 0 aromatic heterocycles. The lowest BCUT2D eigenvalue weighted by Crippen LogP contribution is -2.08. The molecule has 0 spiro atoms. The molecule has 3 atom stereocenters. The summed E-state index contributed by atoms with van der Waals surface area (Å²) in [5.74, 6) is -0.368. The van der Waals surface area contributed by atoms with Gasteiger partial charge in [0.25, 0.3) is 0 Å². The van der Waals surface area contributed by atoms with E-state index in [1.807, 2.05) is 24.3 Å². The van der Waals surface area contributed by atoms with E-state index in [1.165, 1.54) is 6.92 Å². The number of carbonyl (C=O) groups is 1. The Morgan fingerprint density at radius 2 is 2.29 bits per heavy atom. The van der Waals surface area contributed by atoms with Crippen LogP contribution in [0.15, 0.2) is 28.7 Å². The molecule has 1 heterocycles. The van der Waals surface area contributed by atoms with Crippen molar-refractivity contribution in [2.45, 2.75) is 31.8 Å². The Morgan fingerprint density at radius 1 is 1.59 bits per heavy atom. The summed E-state index contributed by atoms with van der Waals surface area (Å²) in [6.07, 6.45) is -0.914. The third kappa shape index (κ3) is 3.28. The molecular formula is C12H13BrO4. The van der Waals surface area contributed by atoms with Crippen LogP contribution in [0.2, 0.25) is 0 Å². The van der Waals surface area contributed by atoms with Gasteiger partial charge in [-0.3, -0.25) is 4.79 Å². The van der Waals surface area contributed by atoms with Crippen molar-refractivity contribution in [2.75, 3.05) is 0 Å². The maximum absolute atomic E-state index is 10.7. The smallest absolute Gasteiger partial charge is 0.305 e. The zero-order valence-corrected chi connectivity index (χ0v) is 10.9. The lowest BCUT2D eigenvalue weighted by atomic mass is 10.1. The molecule has 5 heteroatoms. The van der Waals surface area contributed by atoms with Gasteiger partial charge >= 0.3 is 5.97 Å². The van der Waals surface area contributed by atoms with Gasteiger partial charge in [0.1, 0.15) is 6.10 Å². The molecule has 92 valence electrons. The molecule has 0 radical (unpaired) electrons. The second-order valence-electron chi connectivity index (χ2n) is 3.93. The lowest BCUT2D eigenvalue weighted by molar-refractivity contribution is -0.145. The molecule has 1 aliphatic rings. The monoisotopic (exact) mass is 300 g/mol. The van der Waals surface area contributed by atoms with E-state index < -0.39 is 12.4 Å². The highest BCUT2D eigenvalue weighted by molar-refractivity contribution is 9.10. The molecule has 1 N–H and O–H groups in total. The number of rotatable bonds is 4. The number of halogens is 1. The Labute approximate surface area is 108 Å². The molecule has 4 nitrogen and oxygen atoms in total. The number of benzene rings is 1. The number of aliphatic hydroxyl groups is 1.